The summed E-state index contributed by atoms with van der Waals surface area (Å²) in [6.07, 6.45) is 1.85. The first-order valence-corrected chi connectivity index (χ1v) is 6.97. The molecule has 0 amide bonds. The lowest BCUT2D eigenvalue weighted by Gasteiger charge is -2.08. The normalized spacial score (nSPS) is 10.2. The highest BCUT2D eigenvalue weighted by Gasteiger charge is 2.02. The Bertz CT molecular complexity index is 561. The maximum absolute atomic E-state index is 10.8. The van der Waals surface area contributed by atoms with Crippen molar-refractivity contribution in [1.82, 2.24) is 0 Å². The Morgan fingerprint density at radius 2 is 1.79 bits per heavy atom. The zero-order valence-electron chi connectivity index (χ0n) is 10.7. The fourth-order valence-corrected chi connectivity index (χ4v) is 2.08. The number of ether oxygens (including phenoxy) is 1. The van der Waals surface area contributed by atoms with Gasteiger partial charge in [0.25, 0.3) is 0 Å². The average Bonchev–Trinajstić information content (AvgIpc) is 2.47. The third kappa shape index (κ3) is 3.67. The Hall–Kier alpha value is -1.61. The van der Waals surface area contributed by atoms with Crippen LogP contribution < -0.4 is 4.74 Å². The molecule has 19 heavy (non-hydrogen) atoms. The molecule has 2 aromatic carbocycles. The molecule has 0 N–H and O–H groups in total. The van der Waals surface area contributed by atoms with Crippen molar-refractivity contribution in [2.45, 2.75) is 20.0 Å². The fraction of sp³-hybridized carbons (Fsp3) is 0.188. The highest BCUT2D eigenvalue weighted by molar-refractivity contribution is 9.10. The van der Waals surface area contributed by atoms with Crippen LogP contribution in [0.4, 0.5) is 0 Å². The van der Waals surface area contributed by atoms with Crippen LogP contribution >= 0.6 is 15.9 Å². The lowest BCUT2D eigenvalue weighted by atomic mass is 10.1. The lowest BCUT2D eigenvalue weighted by molar-refractivity contribution is 0.112. The summed E-state index contributed by atoms with van der Waals surface area (Å²) in [5.74, 6) is 0.699. The van der Waals surface area contributed by atoms with Gasteiger partial charge in [-0.1, -0.05) is 47.1 Å². The minimum Gasteiger partial charge on any atom is -0.489 e. The number of carbonyl (C=O) groups excluding carboxylic acids is 1. The molecule has 0 bridgehead atoms. The van der Waals surface area contributed by atoms with Gasteiger partial charge in [0.15, 0.2) is 6.29 Å². The van der Waals surface area contributed by atoms with Crippen molar-refractivity contribution in [2.75, 3.05) is 0 Å². The van der Waals surface area contributed by atoms with Crippen molar-refractivity contribution in [3.63, 3.8) is 0 Å². The van der Waals surface area contributed by atoms with Gasteiger partial charge in [-0.05, 0) is 35.7 Å². The fourth-order valence-electron chi connectivity index (χ4n) is 1.74. The minimum atomic E-state index is 0.504. The summed E-state index contributed by atoms with van der Waals surface area (Å²) in [5, 5.41) is 0. The van der Waals surface area contributed by atoms with Gasteiger partial charge in [0.2, 0.25) is 0 Å². The van der Waals surface area contributed by atoms with Crippen molar-refractivity contribution in [3.8, 4) is 5.75 Å². The van der Waals surface area contributed by atoms with Crippen molar-refractivity contribution < 1.29 is 9.53 Å². The first kappa shape index (κ1) is 13.8. The molecule has 0 saturated carbocycles. The maximum atomic E-state index is 10.8. The number of aldehydes is 1. The predicted octanol–water partition coefficient (Wildman–Crippen LogP) is 4.40. The third-order valence-electron chi connectivity index (χ3n) is 2.93. The van der Waals surface area contributed by atoms with Crippen LogP contribution in [0, 0.1) is 0 Å². The molecule has 0 fully saturated rings. The first-order valence-electron chi connectivity index (χ1n) is 6.18. The number of carbonyl (C=O) groups is 1. The predicted molar refractivity (Wildman–Crippen MR) is 79.7 cm³/mol. The van der Waals surface area contributed by atoms with E-state index in [-0.39, 0.29) is 0 Å². The second kappa shape index (κ2) is 6.53. The second-order valence-electron chi connectivity index (χ2n) is 4.26. The molecule has 2 rings (SSSR count). The van der Waals surface area contributed by atoms with Crippen LogP contribution in [0.2, 0.25) is 0 Å². The van der Waals surface area contributed by atoms with Gasteiger partial charge < -0.3 is 4.74 Å². The van der Waals surface area contributed by atoms with E-state index in [1.54, 1.807) is 6.07 Å². The van der Waals surface area contributed by atoms with Gasteiger partial charge in [-0.2, -0.15) is 0 Å². The quantitative estimate of drug-likeness (QED) is 0.764. The summed E-state index contributed by atoms with van der Waals surface area (Å²) in [6.45, 7) is 2.64. The Labute approximate surface area is 121 Å². The number of halogens is 1. The molecule has 0 aromatic heterocycles. The number of hydrogen-bond acceptors (Lipinski definition) is 2. The maximum Gasteiger partial charge on any atom is 0.151 e. The molecule has 0 spiro atoms. The molecule has 0 saturated heterocycles. The van der Waals surface area contributed by atoms with Gasteiger partial charge >= 0.3 is 0 Å². The Balaban J connectivity index is 2.03. The van der Waals surface area contributed by atoms with E-state index in [1.165, 1.54) is 5.56 Å². The van der Waals surface area contributed by atoms with Crippen LogP contribution in [0.1, 0.15) is 28.4 Å². The molecular weight excluding hydrogens is 304 g/mol. The smallest absolute Gasteiger partial charge is 0.151 e. The monoisotopic (exact) mass is 318 g/mol. The van der Waals surface area contributed by atoms with E-state index in [2.05, 4.69) is 47.1 Å². The molecule has 2 nitrogen and oxygen atoms in total. The van der Waals surface area contributed by atoms with Crippen molar-refractivity contribution in [1.29, 1.82) is 0 Å². The van der Waals surface area contributed by atoms with Crippen LogP contribution in [-0.2, 0) is 13.0 Å². The molecule has 0 aliphatic rings. The lowest BCUT2D eigenvalue weighted by Crippen LogP contribution is -1.96. The number of rotatable bonds is 5. The molecule has 0 radical (unpaired) electrons. The van der Waals surface area contributed by atoms with E-state index in [9.17, 15) is 4.79 Å². The van der Waals surface area contributed by atoms with Gasteiger partial charge in [-0.3, -0.25) is 4.79 Å². The zero-order chi connectivity index (χ0) is 13.7. The average molecular weight is 319 g/mol. The van der Waals surface area contributed by atoms with Crippen molar-refractivity contribution in [3.05, 3.63) is 63.6 Å². The summed E-state index contributed by atoms with van der Waals surface area (Å²) >= 11 is 3.32. The third-order valence-corrected chi connectivity index (χ3v) is 3.65. The van der Waals surface area contributed by atoms with E-state index in [0.29, 0.717) is 17.9 Å². The Morgan fingerprint density at radius 1 is 1.11 bits per heavy atom. The molecule has 0 unspecified atom stereocenters. The summed E-state index contributed by atoms with van der Waals surface area (Å²) in [7, 11) is 0. The van der Waals surface area contributed by atoms with Gasteiger partial charge in [0, 0.05) is 10.0 Å². The summed E-state index contributed by atoms with van der Waals surface area (Å²) in [5.41, 5.74) is 3.03. The number of hydrogen-bond donors (Lipinski definition) is 0. The van der Waals surface area contributed by atoms with E-state index in [0.717, 1.165) is 22.7 Å². The SMILES string of the molecule is CCc1ccc(COc2ccc(Br)c(C=O)c2)cc1. The Morgan fingerprint density at radius 3 is 2.42 bits per heavy atom. The highest BCUT2D eigenvalue weighted by atomic mass is 79.9. The van der Waals surface area contributed by atoms with Crippen LogP contribution in [0.25, 0.3) is 0 Å². The van der Waals surface area contributed by atoms with Crippen molar-refractivity contribution >= 4 is 22.2 Å². The molecule has 0 atom stereocenters. The van der Waals surface area contributed by atoms with Gasteiger partial charge in [-0.25, -0.2) is 0 Å². The Kier molecular flexibility index (Phi) is 4.74. The number of aryl methyl sites for hydroxylation is 1. The van der Waals surface area contributed by atoms with E-state index < -0.39 is 0 Å². The molecule has 98 valence electrons. The van der Waals surface area contributed by atoms with Crippen LogP contribution in [0.5, 0.6) is 5.75 Å². The summed E-state index contributed by atoms with van der Waals surface area (Å²) < 4.78 is 6.46. The molecule has 3 heteroatoms. The van der Waals surface area contributed by atoms with E-state index in [4.69, 9.17) is 4.74 Å². The van der Waals surface area contributed by atoms with Gasteiger partial charge in [0.1, 0.15) is 12.4 Å². The largest absolute Gasteiger partial charge is 0.489 e. The molecule has 0 aliphatic heterocycles. The standard InChI is InChI=1S/C16H15BrO2/c1-2-12-3-5-13(6-4-12)11-19-15-7-8-16(17)14(9-15)10-18/h3-10H,2,11H2,1H3. The van der Waals surface area contributed by atoms with E-state index >= 15 is 0 Å². The highest BCUT2D eigenvalue weighted by Crippen LogP contribution is 2.22. The van der Waals surface area contributed by atoms with Gasteiger partial charge in [-0.15, -0.1) is 0 Å². The summed E-state index contributed by atoms with van der Waals surface area (Å²) in [4.78, 5) is 10.8. The number of benzene rings is 2. The molecule has 0 aliphatic carbocycles. The topological polar surface area (TPSA) is 26.3 Å². The van der Waals surface area contributed by atoms with Crippen LogP contribution in [0.3, 0.4) is 0 Å². The molecule has 0 heterocycles. The van der Waals surface area contributed by atoms with Crippen LogP contribution in [0.15, 0.2) is 46.9 Å². The van der Waals surface area contributed by atoms with Crippen molar-refractivity contribution in [2.24, 2.45) is 0 Å². The molecular formula is C16H15BrO2. The van der Waals surface area contributed by atoms with Crippen LogP contribution in [-0.4, -0.2) is 6.29 Å². The van der Waals surface area contributed by atoms with E-state index in [1.807, 2.05) is 12.1 Å². The second-order valence-corrected chi connectivity index (χ2v) is 5.11. The minimum absolute atomic E-state index is 0.504. The summed E-state index contributed by atoms with van der Waals surface area (Å²) in [6, 6.07) is 13.7. The van der Waals surface area contributed by atoms with Gasteiger partial charge in [0.05, 0.1) is 0 Å². The molecule has 2 aromatic rings. The first-order chi connectivity index (χ1) is 9.22. The zero-order valence-corrected chi connectivity index (χ0v) is 12.3.